The van der Waals surface area contributed by atoms with E-state index in [1.54, 1.807) is 0 Å². The summed E-state index contributed by atoms with van der Waals surface area (Å²) in [5.41, 5.74) is -0.517. The van der Waals surface area contributed by atoms with Gasteiger partial charge < -0.3 is 0 Å². The molecule has 2 aromatic rings. The van der Waals surface area contributed by atoms with Crippen molar-refractivity contribution in [3.8, 4) is 0 Å². The second kappa shape index (κ2) is 6.57. The van der Waals surface area contributed by atoms with E-state index < -0.39 is 20.8 Å². The lowest BCUT2D eigenvalue weighted by Gasteiger charge is -2.23. The number of non-ortho nitro benzene ring substituents is 1. The maximum absolute atomic E-state index is 14.0. The molecule has 8 heteroatoms. The lowest BCUT2D eigenvalue weighted by atomic mass is 10.3. The van der Waals surface area contributed by atoms with Crippen molar-refractivity contribution in [2.24, 2.45) is 0 Å². The van der Waals surface area contributed by atoms with Crippen LogP contribution < -0.4 is 4.31 Å². The van der Waals surface area contributed by atoms with Crippen LogP contribution in [0.15, 0.2) is 66.1 Å². The zero-order chi connectivity index (χ0) is 17.0. The Morgan fingerprint density at radius 1 is 1.22 bits per heavy atom. The van der Waals surface area contributed by atoms with Gasteiger partial charge in [-0.1, -0.05) is 24.3 Å². The molecule has 0 atom stereocenters. The minimum atomic E-state index is -4.18. The Morgan fingerprint density at radius 3 is 2.52 bits per heavy atom. The fraction of sp³-hybridized carbons (Fsp3) is 0.0667. The van der Waals surface area contributed by atoms with Crippen LogP contribution in [0.1, 0.15) is 0 Å². The molecular formula is C15H13FN2O4S. The summed E-state index contributed by atoms with van der Waals surface area (Å²) in [6, 6.07) is 9.98. The van der Waals surface area contributed by atoms with Crippen LogP contribution in [0.25, 0.3) is 0 Å². The highest BCUT2D eigenvalue weighted by Crippen LogP contribution is 2.27. The summed E-state index contributed by atoms with van der Waals surface area (Å²) >= 11 is 0. The largest absolute Gasteiger partial charge is 0.270 e. The molecule has 0 saturated heterocycles. The maximum atomic E-state index is 14.0. The first-order valence-electron chi connectivity index (χ1n) is 6.50. The number of nitro benzene ring substituents is 1. The third kappa shape index (κ3) is 3.37. The Bertz CT molecular complexity index is 852. The van der Waals surface area contributed by atoms with Crippen molar-refractivity contribution < 1.29 is 17.7 Å². The summed E-state index contributed by atoms with van der Waals surface area (Å²) < 4.78 is 40.3. The van der Waals surface area contributed by atoms with E-state index in [1.807, 2.05) is 0 Å². The van der Waals surface area contributed by atoms with E-state index in [1.165, 1.54) is 42.5 Å². The molecule has 0 aliphatic rings. The molecular weight excluding hydrogens is 323 g/mol. The SMILES string of the molecule is C=CCN(c1ccccc1F)S(=O)(=O)c1cccc([N+](=O)[O-])c1. The lowest BCUT2D eigenvalue weighted by Crippen LogP contribution is -2.32. The number of nitro groups is 1. The molecule has 0 radical (unpaired) electrons. The Hall–Kier alpha value is -2.74. The summed E-state index contributed by atoms with van der Waals surface area (Å²) in [5, 5.41) is 10.8. The normalized spacial score (nSPS) is 11.0. The Kier molecular flexibility index (Phi) is 4.75. The highest BCUT2D eigenvalue weighted by atomic mass is 32.2. The average Bonchev–Trinajstić information content (AvgIpc) is 2.53. The fourth-order valence-corrected chi connectivity index (χ4v) is 3.47. The number of hydrogen-bond acceptors (Lipinski definition) is 4. The number of anilines is 1. The number of hydrogen-bond donors (Lipinski definition) is 0. The van der Waals surface area contributed by atoms with Crippen molar-refractivity contribution in [1.29, 1.82) is 0 Å². The predicted octanol–water partition coefficient (Wildman–Crippen LogP) is 3.12. The van der Waals surface area contributed by atoms with E-state index in [4.69, 9.17) is 0 Å². The zero-order valence-corrected chi connectivity index (χ0v) is 12.7. The van der Waals surface area contributed by atoms with E-state index in [2.05, 4.69) is 6.58 Å². The van der Waals surface area contributed by atoms with Gasteiger partial charge in [0.15, 0.2) is 0 Å². The molecule has 6 nitrogen and oxygen atoms in total. The van der Waals surface area contributed by atoms with Crippen LogP contribution >= 0.6 is 0 Å². The van der Waals surface area contributed by atoms with Gasteiger partial charge in [0.2, 0.25) is 0 Å². The van der Waals surface area contributed by atoms with Crippen molar-refractivity contribution in [1.82, 2.24) is 0 Å². The number of para-hydroxylation sites is 1. The molecule has 0 fully saturated rings. The molecule has 0 bridgehead atoms. The Labute approximate surface area is 132 Å². The van der Waals surface area contributed by atoms with Crippen LogP contribution in [0.3, 0.4) is 0 Å². The van der Waals surface area contributed by atoms with Gasteiger partial charge in [0, 0.05) is 12.1 Å². The minimum Gasteiger partial charge on any atom is -0.260 e. The average molecular weight is 336 g/mol. The summed E-state index contributed by atoms with van der Waals surface area (Å²) in [5.74, 6) is -0.719. The molecule has 0 unspecified atom stereocenters. The van der Waals surface area contributed by atoms with E-state index in [-0.39, 0.29) is 22.8 Å². The standard InChI is InChI=1S/C15H13FN2O4S/c1-2-10-17(15-9-4-3-8-14(15)16)23(21,22)13-7-5-6-12(11-13)18(19)20/h2-9,11H,1,10H2. The molecule has 0 spiro atoms. The van der Waals surface area contributed by atoms with E-state index in [0.717, 1.165) is 16.4 Å². The number of halogens is 1. The van der Waals surface area contributed by atoms with Gasteiger partial charge in [-0.05, 0) is 18.2 Å². The topological polar surface area (TPSA) is 80.5 Å². The maximum Gasteiger partial charge on any atom is 0.270 e. The molecule has 0 aliphatic carbocycles. The molecule has 0 aliphatic heterocycles. The van der Waals surface area contributed by atoms with Crippen molar-refractivity contribution in [3.05, 3.63) is 77.1 Å². The molecule has 23 heavy (non-hydrogen) atoms. The first-order chi connectivity index (χ1) is 10.9. The van der Waals surface area contributed by atoms with Gasteiger partial charge in [0.1, 0.15) is 5.82 Å². The van der Waals surface area contributed by atoms with Gasteiger partial charge in [-0.3, -0.25) is 14.4 Å². The van der Waals surface area contributed by atoms with Crippen LogP contribution in [-0.2, 0) is 10.0 Å². The Morgan fingerprint density at radius 2 is 1.91 bits per heavy atom. The lowest BCUT2D eigenvalue weighted by molar-refractivity contribution is -0.385. The molecule has 2 aromatic carbocycles. The van der Waals surface area contributed by atoms with E-state index in [0.29, 0.717) is 0 Å². The highest BCUT2D eigenvalue weighted by molar-refractivity contribution is 7.92. The molecule has 0 heterocycles. The van der Waals surface area contributed by atoms with Gasteiger partial charge in [0.05, 0.1) is 22.1 Å². The van der Waals surface area contributed by atoms with Gasteiger partial charge in [-0.15, -0.1) is 6.58 Å². The summed E-state index contributed by atoms with van der Waals surface area (Å²) in [6.45, 7) is 3.30. The third-order valence-corrected chi connectivity index (χ3v) is 4.81. The number of nitrogens with zero attached hydrogens (tertiary/aromatic N) is 2. The van der Waals surface area contributed by atoms with E-state index in [9.17, 15) is 22.9 Å². The highest BCUT2D eigenvalue weighted by Gasteiger charge is 2.27. The minimum absolute atomic E-state index is 0.154. The molecule has 2 rings (SSSR count). The Balaban J connectivity index is 2.58. The first kappa shape index (κ1) is 16.6. The number of benzene rings is 2. The van der Waals surface area contributed by atoms with Crippen molar-refractivity contribution >= 4 is 21.4 Å². The van der Waals surface area contributed by atoms with Crippen LogP contribution in [0.5, 0.6) is 0 Å². The van der Waals surface area contributed by atoms with Gasteiger partial charge in [-0.25, -0.2) is 12.8 Å². The van der Waals surface area contributed by atoms with E-state index >= 15 is 0 Å². The first-order valence-corrected chi connectivity index (χ1v) is 7.94. The number of sulfonamides is 1. The fourth-order valence-electron chi connectivity index (χ4n) is 1.98. The molecule has 120 valence electrons. The molecule has 0 aromatic heterocycles. The van der Waals surface area contributed by atoms with Crippen LogP contribution in [0.4, 0.5) is 15.8 Å². The van der Waals surface area contributed by atoms with Gasteiger partial charge >= 0.3 is 0 Å². The molecule has 0 amide bonds. The van der Waals surface area contributed by atoms with Crippen molar-refractivity contribution in [3.63, 3.8) is 0 Å². The molecule has 0 N–H and O–H groups in total. The summed E-state index contributed by atoms with van der Waals surface area (Å²) in [6.07, 6.45) is 1.31. The van der Waals surface area contributed by atoms with Crippen molar-refractivity contribution in [2.75, 3.05) is 10.8 Å². The second-order valence-corrected chi connectivity index (χ2v) is 6.39. The van der Waals surface area contributed by atoms with Crippen LogP contribution in [0.2, 0.25) is 0 Å². The number of rotatable bonds is 6. The zero-order valence-electron chi connectivity index (χ0n) is 11.9. The smallest absolute Gasteiger partial charge is 0.260 e. The third-order valence-electron chi connectivity index (χ3n) is 3.03. The predicted molar refractivity (Wildman–Crippen MR) is 84.2 cm³/mol. The van der Waals surface area contributed by atoms with Crippen molar-refractivity contribution in [2.45, 2.75) is 4.90 Å². The van der Waals surface area contributed by atoms with Gasteiger partial charge in [0.25, 0.3) is 15.7 Å². The summed E-state index contributed by atoms with van der Waals surface area (Å²) in [7, 11) is -4.18. The monoisotopic (exact) mass is 336 g/mol. The van der Waals surface area contributed by atoms with Crippen LogP contribution in [-0.4, -0.2) is 19.9 Å². The second-order valence-electron chi connectivity index (χ2n) is 4.53. The van der Waals surface area contributed by atoms with Crippen LogP contribution in [0, 0.1) is 15.9 Å². The quantitative estimate of drug-likeness (QED) is 0.461. The summed E-state index contributed by atoms with van der Waals surface area (Å²) in [4.78, 5) is 9.83. The molecule has 0 saturated carbocycles. The van der Waals surface area contributed by atoms with Gasteiger partial charge in [-0.2, -0.15) is 0 Å².